The van der Waals surface area contributed by atoms with E-state index >= 15 is 0 Å². The summed E-state index contributed by atoms with van der Waals surface area (Å²) in [6.45, 7) is 4.52. The topological polar surface area (TPSA) is 124 Å². The van der Waals surface area contributed by atoms with Gasteiger partial charge in [-0.05, 0) is 19.3 Å². The van der Waals surface area contributed by atoms with Crippen molar-refractivity contribution in [3.05, 3.63) is 12.2 Å². The molecule has 0 aliphatic rings. The fourth-order valence-electron chi connectivity index (χ4n) is 6.75. The zero-order chi connectivity index (χ0) is 37.0. The maximum Gasteiger partial charge on any atom is 0.267 e. The van der Waals surface area contributed by atoms with Crippen LogP contribution in [-0.2, 0) is 14.9 Å². The highest BCUT2D eigenvalue weighted by Crippen LogP contribution is 2.16. The Morgan fingerprint density at radius 2 is 0.860 bits per heavy atom. The molecule has 0 spiro atoms. The molecule has 0 aromatic rings. The summed E-state index contributed by atoms with van der Waals surface area (Å²) in [5, 5.41) is 23.4. The lowest BCUT2D eigenvalue weighted by Gasteiger charge is -2.22. The molecule has 298 valence electrons. The summed E-state index contributed by atoms with van der Waals surface area (Å²) in [5.41, 5.74) is 0. The fraction of sp³-hybridized carbons (Fsp3) is 0.929. The molecule has 8 heteroatoms. The standard InChI is InChI=1S/C42H83NO6S/c1-3-5-7-9-11-13-15-17-19-20-21-23-24-26-28-30-32-34-36-40(44)39(38-50(47,48)49)43-42(46)41(45)37-35-33-31-29-27-25-22-18-16-14-12-10-8-6-4-2/h34,36,39-41,44-45H,3-33,35,37-38H2,1-2H3,(H,43,46)(H,47,48,49)/b36-34+. The second-order valence-electron chi connectivity index (χ2n) is 15.1. The van der Waals surface area contributed by atoms with E-state index in [4.69, 9.17) is 0 Å². The number of amides is 1. The first-order valence-corrected chi connectivity index (χ1v) is 23.1. The summed E-state index contributed by atoms with van der Waals surface area (Å²) in [4.78, 5) is 12.6. The van der Waals surface area contributed by atoms with Crippen LogP contribution in [0, 0.1) is 0 Å². The molecule has 0 saturated heterocycles. The number of allylic oxidation sites excluding steroid dienone is 1. The van der Waals surface area contributed by atoms with Gasteiger partial charge in [0.15, 0.2) is 0 Å². The fourth-order valence-corrected chi connectivity index (χ4v) is 7.49. The average molecular weight is 730 g/mol. The van der Waals surface area contributed by atoms with E-state index in [9.17, 15) is 28.0 Å². The highest BCUT2D eigenvalue weighted by molar-refractivity contribution is 7.85. The number of carbonyl (C=O) groups excluding carboxylic acids is 1. The van der Waals surface area contributed by atoms with Crippen LogP contribution in [0.3, 0.4) is 0 Å². The monoisotopic (exact) mass is 730 g/mol. The second kappa shape index (κ2) is 36.4. The lowest BCUT2D eigenvalue weighted by molar-refractivity contribution is -0.130. The van der Waals surface area contributed by atoms with Crippen LogP contribution in [0.4, 0.5) is 0 Å². The van der Waals surface area contributed by atoms with Gasteiger partial charge in [0.1, 0.15) is 6.10 Å². The molecule has 0 heterocycles. The minimum atomic E-state index is -4.44. The van der Waals surface area contributed by atoms with Gasteiger partial charge in [0.05, 0.1) is 17.9 Å². The molecule has 4 N–H and O–H groups in total. The number of unbranched alkanes of at least 4 members (excludes halogenated alkanes) is 30. The molecule has 0 rings (SSSR count). The van der Waals surface area contributed by atoms with Gasteiger partial charge in [-0.3, -0.25) is 9.35 Å². The summed E-state index contributed by atoms with van der Waals surface area (Å²) in [7, 11) is -4.44. The zero-order valence-electron chi connectivity index (χ0n) is 32.9. The SMILES string of the molecule is CCCCCCCCCCCCCCCCCC/C=C/C(O)C(CS(=O)(=O)O)NC(=O)C(O)CCCCCCCCCCCCCCCCC. The average Bonchev–Trinajstić information content (AvgIpc) is 3.08. The van der Waals surface area contributed by atoms with Crippen molar-refractivity contribution in [2.24, 2.45) is 0 Å². The minimum absolute atomic E-state index is 0.286. The van der Waals surface area contributed by atoms with Gasteiger partial charge in [-0.25, -0.2) is 0 Å². The third-order valence-electron chi connectivity index (χ3n) is 10.1. The van der Waals surface area contributed by atoms with E-state index in [2.05, 4.69) is 19.2 Å². The van der Waals surface area contributed by atoms with Crippen molar-refractivity contribution in [1.82, 2.24) is 5.32 Å². The van der Waals surface area contributed by atoms with Gasteiger partial charge < -0.3 is 15.5 Å². The number of hydrogen-bond acceptors (Lipinski definition) is 5. The summed E-state index contributed by atoms with van der Waals surface area (Å²) in [6.07, 6.45) is 41.2. The number of aliphatic hydroxyl groups is 2. The molecule has 50 heavy (non-hydrogen) atoms. The predicted octanol–water partition coefficient (Wildman–Crippen LogP) is 11.6. The van der Waals surface area contributed by atoms with Gasteiger partial charge in [-0.1, -0.05) is 219 Å². The molecular weight excluding hydrogens is 647 g/mol. The summed E-state index contributed by atoms with van der Waals surface area (Å²) in [5.74, 6) is -1.52. The molecule has 7 nitrogen and oxygen atoms in total. The quantitative estimate of drug-likeness (QED) is 0.0284. The van der Waals surface area contributed by atoms with Gasteiger partial charge in [0.25, 0.3) is 10.1 Å². The van der Waals surface area contributed by atoms with E-state index in [1.807, 2.05) is 6.08 Å². The van der Waals surface area contributed by atoms with Crippen LogP contribution in [0.5, 0.6) is 0 Å². The smallest absolute Gasteiger partial charge is 0.267 e. The lowest BCUT2D eigenvalue weighted by atomic mass is 10.0. The van der Waals surface area contributed by atoms with Crippen molar-refractivity contribution in [1.29, 1.82) is 0 Å². The molecule has 0 aliphatic heterocycles. The largest absolute Gasteiger partial charge is 0.387 e. The van der Waals surface area contributed by atoms with E-state index in [1.54, 1.807) is 0 Å². The van der Waals surface area contributed by atoms with Crippen molar-refractivity contribution in [3.8, 4) is 0 Å². The molecule has 3 unspecified atom stereocenters. The molecule has 0 fully saturated rings. The molecule has 0 radical (unpaired) electrons. The van der Waals surface area contributed by atoms with Gasteiger partial charge in [-0.2, -0.15) is 8.42 Å². The van der Waals surface area contributed by atoms with Crippen LogP contribution >= 0.6 is 0 Å². The van der Waals surface area contributed by atoms with Gasteiger partial charge in [0.2, 0.25) is 5.91 Å². The molecule has 0 saturated carbocycles. The van der Waals surface area contributed by atoms with E-state index < -0.39 is 40.0 Å². The molecule has 3 atom stereocenters. The van der Waals surface area contributed by atoms with Crippen LogP contribution in [0.15, 0.2) is 12.2 Å². The third kappa shape index (κ3) is 35.4. The molecular formula is C42H83NO6S. The first-order chi connectivity index (χ1) is 24.2. The van der Waals surface area contributed by atoms with Crippen molar-refractivity contribution >= 4 is 16.0 Å². The maximum absolute atomic E-state index is 12.6. The Labute approximate surface area is 310 Å². The Morgan fingerprint density at radius 3 is 1.20 bits per heavy atom. The maximum atomic E-state index is 12.6. The van der Waals surface area contributed by atoms with Crippen LogP contribution in [0.1, 0.15) is 226 Å². The van der Waals surface area contributed by atoms with Crippen LogP contribution < -0.4 is 5.32 Å². The highest BCUT2D eigenvalue weighted by atomic mass is 32.2. The lowest BCUT2D eigenvalue weighted by Crippen LogP contribution is -2.50. The normalized spacial score (nSPS) is 13.9. The van der Waals surface area contributed by atoms with Crippen LogP contribution in [0.2, 0.25) is 0 Å². The van der Waals surface area contributed by atoms with Crippen LogP contribution in [-0.4, -0.2) is 53.1 Å². The minimum Gasteiger partial charge on any atom is -0.387 e. The number of hydrogen-bond donors (Lipinski definition) is 4. The zero-order valence-corrected chi connectivity index (χ0v) is 33.7. The Kier molecular flexibility index (Phi) is 35.7. The second-order valence-corrected chi connectivity index (χ2v) is 16.6. The van der Waals surface area contributed by atoms with Gasteiger partial charge >= 0.3 is 0 Å². The number of carbonyl (C=O) groups is 1. The Balaban J connectivity index is 3.99. The van der Waals surface area contributed by atoms with Gasteiger partial charge in [-0.15, -0.1) is 0 Å². The third-order valence-corrected chi connectivity index (χ3v) is 10.9. The number of rotatable bonds is 39. The first kappa shape index (κ1) is 49.0. The van der Waals surface area contributed by atoms with Crippen molar-refractivity contribution < 1.29 is 28.0 Å². The van der Waals surface area contributed by atoms with E-state index in [0.29, 0.717) is 6.42 Å². The van der Waals surface area contributed by atoms with E-state index in [0.717, 1.165) is 38.5 Å². The van der Waals surface area contributed by atoms with Crippen molar-refractivity contribution in [2.75, 3.05) is 5.75 Å². The Bertz CT molecular complexity index is 864. The summed E-state index contributed by atoms with van der Waals surface area (Å²) in [6, 6.07) is -1.23. The molecule has 0 bridgehead atoms. The van der Waals surface area contributed by atoms with Gasteiger partial charge in [0, 0.05) is 0 Å². The molecule has 1 amide bonds. The highest BCUT2D eigenvalue weighted by Gasteiger charge is 2.27. The Morgan fingerprint density at radius 1 is 0.540 bits per heavy atom. The summed E-state index contributed by atoms with van der Waals surface area (Å²) >= 11 is 0. The first-order valence-electron chi connectivity index (χ1n) is 21.5. The Hall–Kier alpha value is -0.960. The van der Waals surface area contributed by atoms with Crippen molar-refractivity contribution in [3.63, 3.8) is 0 Å². The van der Waals surface area contributed by atoms with Crippen LogP contribution in [0.25, 0.3) is 0 Å². The predicted molar refractivity (Wildman–Crippen MR) is 213 cm³/mol. The van der Waals surface area contributed by atoms with E-state index in [1.165, 1.54) is 167 Å². The summed E-state index contributed by atoms with van der Waals surface area (Å²) < 4.78 is 32.5. The molecule has 0 aromatic carbocycles. The van der Waals surface area contributed by atoms with E-state index in [-0.39, 0.29) is 6.42 Å². The molecule has 0 aromatic heterocycles. The number of aliphatic hydroxyl groups excluding tert-OH is 2. The van der Waals surface area contributed by atoms with Crippen molar-refractivity contribution in [2.45, 2.75) is 244 Å². The number of nitrogens with one attached hydrogen (secondary N) is 1. The molecule has 0 aliphatic carbocycles.